The van der Waals surface area contributed by atoms with E-state index in [1.165, 1.54) is 70.6 Å². The molecular formula is C38H68N2O6. The molecule has 0 bridgehead atoms. The molecule has 1 unspecified atom stereocenters. The van der Waals surface area contributed by atoms with Gasteiger partial charge in [-0.15, -0.1) is 0 Å². The lowest BCUT2D eigenvalue weighted by molar-refractivity contribution is -0.146. The van der Waals surface area contributed by atoms with E-state index < -0.39 is 18.0 Å². The van der Waals surface area contributed by atoms with E-state index in [1.54, 1.807) is 0 Å². The molecule has 1 rings (SSSR count). The maximum Gasteiger partial charge on any atom is 0.307 e. The number of aliphatic hydroxyl groups excluding tert-OH is 1. The molecule has 1 heterocycles. The molecule has 1 saturated heterocycles. The third-order valence-electron chi connectivity index (χ3n) is 8.47. The van der Waals surface area contributed by atoms with Gasteiger partial charge in [0.1, 0.15) is 0 Å². The Morgan fingerprint density at radius 2 is 1.15 bits per heavy atom. The van der Waals surface area contributed by atoms with Crippen LogP contribution in [0.4, 0.5) is 0 Å². The molecule has 8 nitrogen and oxygen atoms in total. The van der Waals surface area contributed by atoms with Crippen molar-refractivity contribution in [1.29, 1.82) is 0 Å². The summed E-state index contributed by atoms with van der Waals surface area (Å²) in [6, 6.07) is -0.660. The summed E-state index contributed by atoms with van der Waals surface area (Å²) in [6.07, 6.45) is 30.8. The van der Waals surface area contributed by atoms with Crippen LogP contribution >= 0.6 is 0 Å². The second-order valence-electron chi connectivity index (χ2n) is 13.1. The highest BCUT2D eigenvalue weighted by atomic mass is 16.5. The summed E-state index contributed by atoms with van der Waals surface area (Å²) in [7, 11) is 0. The number of nitrogens with one attached hydrogen (secondary N) is 1. The van der Waals surface area contributed by atoms with E-state index in [0.717, 1.165) is 51.4 Å². The van der Waals surface area contributed by atoms with Gasteiger partial charge in [0, 0.05) is 31.7 Å². The van der Waals surface area contributed by atoms with Crippen LogP contribution in [0.25, 0.3) is 0 Å². The van der Waals surface area contributed by atoms with Crippen LogP contribution in [-0.4, -0.2) is 73.3 Å². The molecule has 0 aliphatic carbocycles. The van der Waals surface area contributed by atoms with Crippen molar-refractivity contribution in [2.24, 2.45) is 5.92 Å². The Kier molecular flexibility index (Phi) is 27.4. The number of carbonyl (C=O) groups excluding carboxylic acids is 3. The molecule has 266 valence electrons. The second kappa shape index (κ2) is 30.2. The van der Waals surface area contributed by atoms with Gasteiger partial charge in [0.15, 0.2) is 0 Å². The maximum absolute atomic E-state index is 12.6. The Morgan fingerprint density at radius 1 is 0.696 bits per heavy atom. The summed E-state index contributed by atoms with van der Waals surface area (Å²) in [5.74, 6) is -0.838. The molecule has 0 radical (unpaired) electrons. The van der Waals surface area contributed by atoms with Crippen molar-refractivity contribution in [1.82, 2.24) is 10.2 Å². The molecule has 0 aromatic rings. The largest absolute Gasteiger partial charge is 0.466 e. The summed E-state index contributed by atoms with van der Waals surface area (Å²) in [5.41, 5.74) is 0. The van der Waals surface area contributed by atoms with Gasteiger partial charge in [0.2, 0.25) is 5.91 Å². The average molecular weight is 649 g/mol. The fourth-order valence-corrected chi connectivity index (χ4v) is 5.61. The van der Waals surface area contributed by atoms with Gasteiger partial charge < -0.3 is 19.9 Å². The summed E-state index contributed by atoms with van der Waals surface area (Å²) in [5, 5.41) is 12.1. The van der Waals surface area contributed by atoms with E-state index in [1.807, 2.05) is 4.90 Å². The van der Waals surface area contributed by atoms with Gasteiger partial charge in [-0.05, 0) is 44.9 Å². The minimum absolute atomic E-state index is 0.0540. The molecule has 1 aliphatic rings. The van der Waals surface area contributed by atoms with E-state index in [4.69, 9.17) is 9.47 Å². The summed E-state index contributed by atoms with van der Waals surface area (Å²) < 4.78 is 10.9. The van der Waals surface area contributed by atoms with Crippen molar-refractivity contribution in [3.8, 4) is 0 Å². The lowest BCUT2D eigenvalue weighted by Crippen LogP contribution is -2.53. The van der Waals surface area contributed by atoms with Gasteiger partial charge in [-0.3, -0.25) is 19.3 Å². The van der Waals surface area contributed by atoms with Crippen LogP contribution in [-0.2, 0) is 23.9 Å². The lowest BCUT2D eigenvalue weighted by atomic mass is 10.0. The van der Waals surface area contributed by atoms with Crippen LogP contribution in [0.2, 0.25) is 0 Å². The average Bonchev–Trinajstić information content (AvgIpc) is 3.01. The molecular weight excluding hydrogens is 580 g/mol. The van der Waals surface area contributed by atoms with Crippen molar-refractivity contribution >= 4 is 17.8 Å². The highest BCUT2D eigenvalue weighted by molar-refractivity contribution is 5.81. The molecule has 0 aromatic carbocycles. The predicted molar refractivity (Wildman–Crippen MR) is 187 cm³/mol. The molecule has 0 saturated carbocycles. The Morgan fingerprint density at radius 3 is 1.67 bits per heavy atom. The first-order valence-electron chi connectivity index (χ1n) is 18.7. The molecule has 1 atom stereocenters. The number of hydrogen-bond acceptors (Lipinski definition) is 7. The fourth-order valence-electron chi connectivity index (χ4n) is 5.61. The quantitative estimate of drug-likeness (QED) is 0.0449. The standard InChI is InChI=1S/C38H68N2O6/c1-3-5-7-9-11-12-13-14-15-16-17-18-19-21-23-25-27-46-38(44)29-35(39-36(42)32-40-30-34(31-40)33-41)28-37(43)45-26-24-22-20-10-8-6-4-2/h11-12,14-15,34-35,41H,3-10,13,16-33H2,1-2H3,(H,39,42)/b12-11-,15-14-. The van der Waals surface area contributed by atoms with Crippen LogP contribution in [0.15, 0.2) is 24.3 Å². The normalized spacial score (nSPS) is 14.5. The molecule has 1 amide bonds. The number of amides is 1. The van der Waals surface area contributed by atoms with Crippen LogP contribution in [0, 0.1) is 5.92 Å². The van der Waals surface area contributed by atoms with E-state index in [9.17, 15) is 19.5 Å². The summed E-state index contributed by atoms with van der Waals surface area (Å²) in [4.78, 5) is 39.7. The number of likely N-dealkylation sites (tertiary alicyclic amines) is 1. The maximum atomic E-state index is 12.6. The van der Waals surface area contributed by atoms with Crippen molar-refractivity contribution in [2.45, 2.75) is 155 Å². The lowest BCUT2D eigenvalue weighted by Gasteiger charge is -2.37. The first-order valence-corrected chi connectivity index (χ1v) is 18.7. The molecule has 1 fully saturated rings. The number of rotatable bonds is 31. The number of aliphatic hydroxyl groups is 1. The molecule has 1 aliphatic heterocycles. The summed E-state index contributed by atoms with van der Waals surface area (Å²) >= 11 is 0. The van der Waals surface area contributed by atoms with Gasteiger partial charge in [-0.25, -0.2) is 0 Å². The minimum Gasteiger partial charge on any atom is -0.466 e. The predicted octanol–water partition coefficient (Wildman–Crippen LogP) is 7.83. The van der Waals surface area contributed by atoms with Crippen LogP contribution in [0.1, 0.15) is 149 Å². The zero-order valence-corrected chi connectivity index (χ0v) is 29.5. The molecule has 2 N–H and O–H groups in total. The van der Waals surface area contributed by atoms with Crippen molar-refractivity contribution in [3.63, 3.8) is 0 Å². The van der Waals surface area contributed by atoms with E-state index in [2.05, 4.69) is 43.5 Å². The highest BCUT2D eigenvalue weighted by Crippen LogP contribution is 2.14. The third kappa shape index (κ3) is 25.0. The van der Waals surface area contributed by atoms with Crippen molar-refractivity contribution in [2.75, 3.05) is 39.5 Å². The Balaban J connectivity index is 2.22. The van der Waals surface area contributed by atoms with E-state index >= 15 is 0 Å². The Bertz CT molecular complexity index is 824. The van der Waals surface area contributed by atoms with Crippen LogP contribution in [0.5, 0.6) is 0 Å². The van der Waals surface area contributed by atoms with Gasteiger partial charge in [0.25, 0.3) is 0 Å². The first-order chi connectivity index (χ1) is 22.5. The third-order valence-corrected chi connectivity index (χ3v) is 8.47. The molecule has 8 heteroatoms. The topological polar surface area (TPSA) is 105 Å². The molecule has 0 aromatic heterocycles. The number of hydrogen-bond donors (Lipinski definition) is 2. The zero-order valence-electron chi connectivity index (χ0n) is 29.5. The number of nitrogens with zero attached hydrogens (tertiary/aromatic N) is 1. The van der Waals surface area contributed by atoms with Gasteiger partial charge in [0.05, 0.1) is 32.6 Å². The zero-order chi connectivity index (χ0) is 33.5. The van der Waals surface area contributed by atoms with E-state index in [-0.39, 0.29) is 37.8 Å². The number of allylic oxidation sites excluding steroid dienone is 4. The molecule has 46 heavy (non-hydrogen) atoms. The van der Waals surface area contributed by atoms with E-state index in [0.29, 0.717) is 26.3 Å². The Hall–Kier alpha value is -2.19. The number of ether oxygens (including phenoxy) is 2. The first kappa shape index (κ1) is 41.8. The minimum atomic E-state index is -0.660. The van der Waals surface area contributed by atoms with Gasteiger partial charge in [-0.2, -0.15) is 0 Å². The van der Waals surface area contributed by atoms with Crippen molar-refractivity contribution < 1.29 is 29.0 Å². The number of unbranched alkanes of at least 4 members (excludes halogenated alkanes) is 15. The Labute approximate surface area is 281 Å². The fraction of sp³-hybridized carbons (Fsp3) is 0.816. The van der Waals surface area contributed by atoms with Crippen LogP contribution in [0.3, 0.4) is 0 Å². The van der Waals surface area contributed by atoms with Gasteiger partial charge >= 0.3 is 11.9 Å². The number of esters is 2. The second-order valence-corrected chi connectivity index (χ2v) is 13.1. The monoisotopic (exact) mass is 649 g/mol. The highest BCUT2D eigenvalue weighted by Gasteiger charge is 2.29. The molecule has 0 spiro atoms. The SMILES string of the molecule is CCCCC/C=C\C/C=C\CCCCCCCCOC(=O)CC(CC(=O)OCCCCCCCCC)NC(=O)CN1CC(CO)C1. The summed E-state index contributed by atoms with van der Waals surface area (Å²) in [6.45, 7) is 6.80. The smallest absolute Gasteiger partial charge is 0.307 e. The van der Waals surface area contributed by atoms with Crippen LogP contribution < -0.4 is 5.32 Å². The number of carbonyl (C=O) groups is 3. The van der Waals surface area contributed by atoms with Gasteiger partial charge in [-0.1, -0.05) is 115 Å². The van der Waals surface area contributed by atoms with Crippen molar-refractivity contribution in [3.05, 3.63) is 24.3 Å².